The van der Waals surface area contributed by atoms with E-state index in [4.69, 9.17) is 18.9 Å². The smallest absolute Gasteiger partial charge is 0.308 e. The minimum atomic E-state index is -1.17. The fourth-order valence-corrected chi connectivity index (χ4v) is 4.56. The molecular weight excluding hydrogens is 546 g/mol. The number of methoxy groups -OCH3 is 4. The first-order valence-corrected chi connectivity index (χ1v) is 12.8. The third kappa shape index (κ3) is 6.22. The zero-order valence-corrected chi connectivity index (χ0v) is 24.0. The van der Waals surface area contributed by atoms with Crippen LogP contribution in [0.4, 0.5) is 11.4 Å². The Labute approximate surface area is 242 Å². The summed E-state index contributed by atoms with van der Waals surface area (Å²) in [6.07, 6.45) is -0.364. The molecule has 1 atom stereocenters. The lowest BCUT2D eigenvalue weighted by atomic mass is 10.1. The third-order valence-electron chi connectivity index (χ3n) is 6.46. The van der Waals surface area contributed by atoms with Gasteiger partial charge in [0.15, 0.2) is 17.2 Å². The van der Waals surface area contributed by atoms with Crippen LogP contribution in [0.2, 0.25) is 0 Å². The number of carbonyl (C=O) groups excluding carboxylic acids is 4. The molecule has 0 unspecified atom stereocenters. The average Bonchev–Trinajstić information content (AvgIpc) is 3.06. The minimum Gasteiger partial charge on any atom is -0.493 e. The van der Waals surface area contributed by atoms with Gasteiger partial charge >= 0.3 is 5.97 Å². The summed E-state index contributed by atoms with van der Waals surface area (Å²) in [5, 5.41) is 7.99. The van der Waals surface area contributed by atoms with E-state index in [9.17, 15) is 19.2 Å². The second-order valence-electron chi connectivity index (χ2n) is 9.45. The number of ether oxygens (including phenoxy) is 5. The van der Waals surface area contributed by atoms with Crippen molar-refractivity contribution >= 4 is 35.1 Å². The molecule has 4 rings (SSSR count). The topological polar surface area (TPSA) is 151 Å². The zero-order valence-electron chi connectivity index (χ0n) is 24.0. The first-order valence-electron chi connectivity index (χ1n) is 12.8. The lowest BCUT2D eigenvalue weighted by molar-refractivity contribution is -0.142. The Bertz CT molecular complexity index is 1550. The molecule has 3 aromatic rings. The number of rotatable bonds is 9. The zero-order chi connectivity index (χ0) is 30.6. The van der Waals surface area contributed by atoms with Crippen LogP contribution in [-0.2, 0) is 14.3 Å². The first-order chi connectivity index (χ1) is 20.1. The monoisotopic (exact) mass is 577 g/mol. The van der Waals surface area contributed by atoms with E-state index < -0.39 is 29.7 Å². The van der Waals surface area contributed by atoms with Crippen molar-refractivity contribution in [3.8, 4) is 28.7 Å². The highest BCUT2D eigenvalue weighted by molar-refractivity contribution is 6.13. The summed E-state index contributed by atoms with van der Waals surface area (Å²) in [6.45, 7) is 3.82. The van der Waals surface area contributed by atoms with Crippen molar-refractivity contribution < 1.29 is 42.9 Å². The highest BCUT2D eigenvalue weighted by Crippen LogP contribution is 2.41. The van der Waals surface area contributed by atoms with Gasteiger partial charge in [0.2, 0.25) is 11.7 Å². The Balaban J connectivity index is 1.79. The van der Waals surface area contributed by atoms with Gasteiger partial charge in [-0.3, -0.25) is 19.2 Å². The van der Waals surface area contributed by atoms with E-state index in [1.165, 1.54) is 46.6 Å². The highest BCUT2D eigenvalue weighted by atomic mass is 16.5. The van der Waals surface area contributed by atoms with Crippen molar-refractivity contribution in [2.24, 2.45) is 0 Å². The quantitative estimate of drug-likeness (QED) is 0.321. The van der Waals surface area contributed by atoms with E-state index in [0.29, 0.717) is 11.5 Å². The minimum absolute atomic E-state index is 0.0665. The Morgan fingerprint density at radius 2 is 1.55 bits per heavy atom. The summed E-state index contributed by atoms with van der Waals surface area (Å²) < 4.78 is 27.0. The maximum atomic E-state index is 13.6. The van der Waals surface area contributed by atoms with Crippen LogP contribution in [0.25, 0.3) is 0 Å². The molecule has 3 N–H and O–H groups in total. The summed E-state index contributed by atoms with van der Waals surface area (Å²) in [5.74, 6) is -1.19. The fraction of sp³-hybridized carbons (Fsp3) is 0.267. The molecule has 0 aliphatic carbocycles. The van der Waals surface area contributed by atoms with Gasteiger partial charge in [-0.25, -0.2) is 0 Å². The average molecular weight is 578 g/mol. The number of carbonyl (C=O) groups is 4. The summed E-state index contributed by atoms with van der Waals surface area (Å²) in [7, 11) is 5.46. The molecule has 42 heavy (non-hydrogen) atoms. The number of nitrogens with one attached hydrogen (secondary N) is 3. The molecule has 12 heteroatoms. The van der Waals surface area contributed by atoms with E-state index in [1.807, 2.05) is 19.9 Å². The molecule has 1 aliphatic heterocycles. The van der Waals surface area contributed by atoms with Crippen molar-refractivity contribution in [3.63, 3.8) is 0 Å². The van der Waals surface area contributed by atoms with Crippen molar-refractivity contribution in [1.82, 2.24) is 5.32 Å². The summed E-state index contributed by atoms with van der Waals surface area (Å²) in [6, 6.07) is 10.3. The Hall–Kier alpha value is -5.26. The number of benzene rings is 3. The van der Waals surface area contributed by atoms with E-state index >= 15 is 0 Å². The van der Waals surface area contributed by atoms with Gasteiger partial charge in [-0.1, -0.05) is 6.07 Å². The van der Waals surface area contributed by atoms with Crippen LogP contribution in [-0.4, -0.2) is 58.2 Å². The van der Waals surface area contributed by atoms with Gasteiger partial charge in [0.25, 0.3) is 11.8 Å². The maximum Gasteiger partial charge on any atom is 0.308 e. The van der Waals surface area contributed by atoms with Crippen molar-refractivity contribution in [1.29, 1.82) is 0 Å². The Morgan fingerprint density at radius 1 is 0.857 bits per heavy atom. The fourth-order valence-electron chi connectivity index (χ4n) is 4.56. The third-order valence-corrected chi connectivity index (χ3v) is 6.46. The van der Waals surface area contributed by atoms with E-state index in [0.717, 1.165) is 11.1 Å². The van der Waals surface area contributed by atoms with Crippen LogP contribution in [0.1, 0.15) is 38.3 Å². The molecule has 0 fully saturated rings. The molecule has 220 valence electrons. The number of hydrogen-bond acceptors (Lipinski definition) is 9. The Kier molecular flexibility index (Phi) is 8.84. The van der Waals surface area contributed by atoms with Gasteiger partial charge < -0.3 is 39.6 Å². The van der Waals surface area contributed by atoms with E-state index in [-0.39, 0.29) is 46.2 Å². The molecule has 1 heterocycles. The van der Waals surface area contributed by atoms with Crippen LogP contribution >= 0.6 is 0 Å². The van der Waals surface area contributed by atoms with E-state index in [2.05, 4.69) is 20.7 Å². The van der Waals surface area contributed by atoms with Crippen molar-refractivity contribution in [3.05, 3.63) is 64.7 Å². The summed E-state index contributed by atoms with van der Waals surface area (Å²) in [5.41, 5.74) is 2.33. The normalized spacial score (nSPS) is 14.0. The lowest BCUT2D eigenvalue weighted by Gasteiger charge is -2.18. The van der Waals surface area contributed by atoms with Crippen LogP contribution in [0.3, 0.4) is 0 Å². The van der Waals surface area contributed by atoms with Gasteiger partial charge in [0, 0.05) is 0 Å². The number of hydrogen-bond donors (Lipinski definition) is 3. The van der Waals surface area contributed by atoms with Crippen molar-refractivity contribution in [2.75, 3.05) is 39.1 Å². The highest BCUT2D eigenvalue weighted by Gasteiger charge is 2.32. The SMILES string of the molecule is COC(=O)C[C@@H]1NC(=O)c2cc(Oc3cc(C)cc(C)c3)c(NC(=O)c3ccc(OC)c(OC)c3OC)cc2NC1=O. The van der Waals surface area contributed by atoms with Gasteiger partial charge in [-0.05, 0) is 61.4 Å². The predicted molar refractivity (Wildman–Crippen MR) is 153 cm³/mol. The molecule has 12 nitrogen and oxygen atoms in total. The molecule has 0 radical (unpaired) electrons. The van der Waals surface area contributed by atoms with Crippen molar-refractivity contribution in [2.45, 2.75) is 26.3 Å². The molecule has 0 bridgehead atoms. The second-order valence-corrected chi connectivity index (χ2v) is 9.45. The lowest BCUT2D eigenvalue weighted by Crippen LogP contribution is -2.42. The summed E-state index contributed by atoms with van der Waals surface area (Å²) in [4.78, 5) is 51.5. The van der Waals surface area contributed by atoms with Crippen LogP contribution in [0.15, 0.2) is 42.5 Å². The molecule has 0 saturated heterocycles. The molecule has 3 aromatic carbocycles. The maximum absolute atomic E-state index is 13.6. The molecule has 1 aliphatic rings. The Morgan fingerprint density at radius 3 is 2.17 bits per heavy atom. The predicted octanol–water partition coefficient (Wildman–Crippen LogP) is 3.99. The molecule has 0 spiro atoms. The molecule has 3 amide bonds. The number of amides is 3. The number of esters is 1. The molecule has 0 aromatic heterocycles. The second kappa shape index (κ2) is 12.5. The molecule has 0 saturated carbocycles. The van der Waals surface area contributed by atoms with Crippen LogP contribution < -0.4 is 34.9 Å². The summed E-state index contributed by atoms with van der Waals surface area (Å²) >= 11 is 0. The number of aryl methyl sites for hydroxylation is 2. The number of fused-ring (bicyclic) bond motifs is 1. The van der Waals surface area contributed by atoms with Crippen LogP contribution in [0.5, 0.6) is 28.7 Å². The molecular formula is C30H31N3O9. The number of anilines is 2. The largest absolute Gasteiger partial charge is 0.493 e. The van der Waals surface area contributed by atoms with Crippen LogP contribution in [0, 0.1) is 13.8 Å². The van der Waals surface area contributed by atoms with E-state index in [1.54, 1.807) is 18.2 Å². The first kappa shape index (κ1) is 29.7. The van der Waals surface area contributed by atoms with Gasteiger partial charge in [0.1, 0.15) is 11.8 Å². The van der Waals surface area contributed by atoms with Gasteiger partial charge in [-0.2, -0.15) is 0 Å². The van der Waals surface area contributed by atoms with Gasteiger partial charge in [-0.15, -0.1) is 0 Å². The van der Waals surface area contributed by atoms with Gasteiger partial charge in [0.05, 0.1) is 57.4 Å². The standard InChI is InChI=1S/C30H31N3O9/c1-15-9-16(2)11-17(10-15)42-24-12-19-20(31-30(37)22(33-29(19)36)14-25(34)39-4)13-21(24)32-28(35)18-7-8-23(38-3)27(41-6)26(18)40-5/h7-13,22H,14H2,1-6H3,(H,31,37)(H,32,35)(H,33,36)/t22-/m0/s1.